The molecule has 13 heteroatoms. The first kappa shape index (κ1) is 27.6. The average Bonchev–Trinajstić information content (AvgIpc) is 3.66. The van der Waals surface area contributed by atoms with Gasteiger partial charge in [-0.25, -0.2) is 18.1 Å². The molecule has 2 heterocycles. The number of methoxy groups -OCH3 is 2. The molecule has 1 aliphatic carbocycles. The van der Waals surface area contributed by atoms with Crippen LogP contribution in [0.1, 0.15) is 42.5 Å². The molecule has 1 aliphatic heterocycles. The summed E-state index contributed by atoms with van der Waals surface area (Å²) in [4.78, 5) is 24.0. The zero-order valence-electron chi connectivity index (χ0n) is 20.8. The maximum Gasteiger partial charge on any atom is 0.280 e. The molecule has 2 fully saturated rings. The number of sulfonamides is 1. The molecule has 1 saturated carbocycles. The van der Waals surface area contributed by atoms with Crippen LogP contribution in [-0.4, -0.2) is 70.7 Å². The van der Waals surface area contributed by atoms with Crippen LogP contribution in [0.15, 0.2) is 40.5 Å². The Morgan fingerprint density at radius 2 is 1.97 bits per heavy atom. The molecule has 37 heavy (non-hydrogen) atoms. The normalized spacial score (nSPS) is 22.3. The van der Waals surface area contributed by atoms with Crippen LogP contribution < -0.4 is 10.0 Å². The Morgan fingerprint density at radius 1 is 1.19 bits per heavy atom. The SMILES string of the molecule is COCc1cnc(NC(=O)/C(=N/O[C@@H]2CC[C@@H](OC)C2)c2ccc(S(=O)(=O)NC[C@H]3CCCO3)cc2)s1. The third kappa shape index (κ3) is 7.55. The van der Waals surface area contributed by atoms with Crippen LogP contribution >= 0.6 is 11.3 Å². The second-order valence-electron chi connectivity index (χ2n) is 8.87. The number of aromatic nitrogens is 1. The Bertz CT molecular complexity index is 1180. The maximum absolute atomic E-state index is 13.2. The summed E-state index contributed by atoms with van der Waals surface area (Å²) in [5.41, 5.74) is 0.422. The number of anilines is 1. The number of hydrogen-bond acceptors (Lipinski definition) is 10. The fourth-order valence-corrected chi connectivity index (χ4v) is 6.02. The Balaban J connectivity index is 1.50. The van der Waals surface area contributed by atoms with Gasteiger partial charge >= 0.3 is 0 Å². The summed E-state index contributed by atoms with van der Waals surface area (Å²) in [5.74, 6) is -0.522. The summed E-state index contributed by atoms with van der Waals surface area (Å²) in [7, 11) is -0.490. The topological polar surface area (TPSA) is 137 Å². The van der Waals surface area contributed by atoms with Gasteiger partial charge in [-0.05, 0) is 37.8 Å². The predicted molar refractivity (Wildman–Crippen MR) is 138 cm³/mol. The van der Waals surface area contributed by atoms with E-state index in [0.717, 1.165) is 30.6 Å². The highest BCUT2D eigenvalue weighted by molar-refractivity contribution is 7.89. The minimum Gasteiger partial charge on any atom is -0.392 e. The van der Waals surface area contributed by atoms with Gasteiger partial charge in [-0.1, -0.05) is 28.6 Å². The first-order valence-electron chi connectivity index (χ1n) is 12.1. The minimum atomic E-state index is -3.73. The fraction of sp³-hybridized carbons (Fsp3) is 0.542. The van der Waals surface area contributed by atoms with Crippen LogP contribution in [0.25, 0.3) is 0 Å². The number of amides is 1. The third-order valence-corrected chi connectivity index (χ3v) is 8.53. The van der Waals surface area contributed by atoms with Crippen molar-refractivity contribution in [3.8, 4) is 0 Å². The molecule has 1 aromatic carbocycles. The van der Waals surface area contributed by atoms with E-state index in [4.69, 9.17) is 19.0 Å². The van der Waals surface area contributed by atoms with Crippen molar-refractivity contribution in [1.29, 1.82) is 0 Å². The monoisotopic (exact) mass is 552 g/mol. The number of hydrogen-bond donors (Lipinski definition) is 2. The van der Waals surface area contributed by atoms with E-state index in [0.29, 0.717) is 30.3 Å². The smallest absolute Gasteiger partial charge is 0.280 e. The zero-order chi connectivity index (χ0) is 26.3. The second-order valence-corrected chi connectivity index (χ2v) is 11.8. The molecule has 202 valence electrons. The largest absolute Gasteiger partial charge is 0.392 e. The van der Waals surface area contributed by atoms with E-state index < -0.39 is 15.9 Å². The van der Waals surface area contributed by atoms with Crippen molar-refractivity contribution in [1.82, 2.24) is 9.71 Å². The number of nitrogens with zero attached hydrogens (tertiary/aromatic N) is 2. The van der Waals surface area contributed by atoms with Crippen molar-refractivity contribution in [2.45, 2.75) is 61.9 Å². The first-order chi connectivity index (χ1) is 17.9. The molecule has 1 amide bonds. The molecule has 0 radical (unpaired) electrons. The molecule has 1 aromatic heterocycles. The van der Waals surface area contributed by atoms with Gasteiger partial charge in [0.05, 0.1) is 28.6 Å². The lowest BCUT2D eigenvalue weighted by molar-refractivity contribution is -0.110. The summed E-state index contributed by atoms with van der Waals surface area (Å²) in [6, 6.07) is 5.94. The van der Waals surface area contributed by atoms with Gasteiger partial charge in [0.15, 0.2) is 10.8 Å². The fourth-order valence-electron chi connectivity index (χ4n) is 4.18. The Kier molecular flexibility index (Phi) is 9.62. The summed E-state index contributed by atoms with van der Waals surface area (Å²) in [6.45, 7) is 1.25. The van der Waals surface area contributed by atoms with Crippen molar-refractivity contribution >= 4 is 38.1 Å². The highest BCUT2D eigenvalue weighted by Gasteiger charge is 2.27. The van der Waals surface area contributed by atoms with Crippen molar-refractivity contribution in [2.75, 3.05) is 32.7 Å². The van der Waals surface area contributed by atoms with Gasteiger partial charge in [0, 0.05) is 45.6 Å². The number of benzene rings is 1. The quantitative estimate of drug-likeness (QED) is 0.303. The van der Waals surface area contributed by atoms with Crippen LogP contribution in [0.4, 0.5) is 5.13 Å². The number of carbonyl (C=O) groups excluding carboxylic acids is 1. The molecule has 0 spiro atoms. The Labute approximate surface area is 220 Å². The van der Waals surface area contributed by atoms with Gasteiger partial charge < -0.3 is 19.0 Å². The van der Waals surface area contributed by atoms with Crippen LogP contribution in [0, 0.1) is 0 Å². The van der Waals surface area contributed by atoms with Gasteiger partial charge in [0.25, 0.3) is 5.91 Å². The van der Waals surface area contributed by atoms with E-state index in [1.54, 1.807) is 20.4 Å². The van der Waals surface area contributed by atoms with Crippen molar-refractivity contribution in [2.24, 2.45) is 5.16 Å². The molecule has 0 bridgehead atoms. The number of oxime groups is 1. The summed E-state index contributed by atoms with van der Waals surface area (Å²) in [5, 5.41) is 7.32. The number of carbonyl (C=O) groups is 1. The van der Waals surface area contributed by atoms with Gasteiger partial charge in [0.2, 0.25) is 10.0 Å². The lowest BCUT2D eigenvalue weighted by Gasteiger charge is -2.13. The zero-order valence-corrected chi connectivity index (χ0v) is 22.5. The van der Waals surface area contributed by atoms with Crippen LogP contribution in [0.2, 0.25) is 0 Å². The molecule has 2 aromatic rings. The van der Waals surface area contributed by atoms with Crippen molar-refractivity contribution < 1.29 is 32.3 Å². The highest BCUT2D eigenvalue weighted by Crippen LogP contribution is 2.25. The Hall–Kier alpha value is -2.42. The Morgan fingerprint density at radius 3 is 2.65 bits per heavy atom. The molecule has 1 saturated heterocycles. The summed E-state index contributed by atoms with van der Waals surface area (Å²) < 4.78 is 44.0. The van der Waals surface area contributed by atoms with Crippen molar-refractivity contribution in [3.63, 3.8) is 0 Å². The molecular weight excluding hydrogens is 520 g/mol. The lowest BCUT2D eigenvalue weighted by Crippen LogP contribution is -2.31. The number of thiazole rings is 1. The number of ether oxygens (including phenoxy) is 3. The predicted octanol–water partition coefficient (Wildman–Crippen LogP) is 2.67. The van der Waals surface area contributed by atoms with E-state index in [-0.39, 0.29) is 35.5 Å². The summed E-state index contributed by atoms with van der Waals surface area (Å²) >= 11 is 1.29. The van der Waals surface area contributed by atoms with E-state index in [1.165, 1.54) is 35.6 Å². The highest BCUT2D eigenvalue weighted by atomic mass is 32.2. The van der Waals surface area contributed by atoms with E-state index in [9.17, 15) is 13.2 Å². The molecular formula is C24H32N4O7S2. The lowest BCUT2D eigenvalue weighted by atomic mass is 10.1. The average molecular weight is 553 g/mol. The first-order valence-corrected chi connectivity index (χ1v) is 14.4. The van der Waals surface area contributed by atoms with E-state index >= 15 is 0 Å². The van der Waals surface area contributed by atoms with Gasteiger partial charge in [-0.2, -0.15) is 0 Å². The molecule has 2 aliphatic rings. The molecule has 2 N–H and O–H groups in total. The van der Waals surface area contributed by atoms with Gasteiger partial charge in [-0.3, -0.25) is 10.1 Å². The molecule has 11 nitrogen and oxygen atoms in total. The maximum atomic E-state index is 13.2. The standard InChI is InChI=1S/C24H32N4O7S2/c1-32-15-20-14-25-24(36-20)27-23(29)22(28-35-18-8-7-17(12-18)33-2)16-5-9-21(10-6-16)37(30,31)26-13-19-4-3-11-34-19/h5-6,9-10,14,17-19,26H,3-4,7-8,11-13,15H2,1-2H3,(H,25,27,29)/b28-22+/t17-,18-,19-/m1/s1. The molecule has 3 atom stereocenters. The second kappa shape index (κ2) is 12.9. The minimum absolute atomic E-state index is 0.0145. The number of nitrogens with one attached hydrogen (secondary N) is 2. The molecule has 0 unspecified atom stereocenters. The van der Waals surface area contributed by atoms with E-state index in [1.807, 2.05) is 0 Å². The number of rotatable bonds is 12. The van der Waals surface area contributed by atoms with Crippen LogP contribution in [0.5, 0.6) is 0 Å². The summed E-state index contributed by atoms with van der Waals surface area (Å²) in [6.07, 6.45) is 5.48. The van der Waals surface area contributed by atoms with Crippen LogP contribution in [-0.2, 0) is 40.5 Å². The van der Waals surface area contributed by atoms with Gasteiger partial charge in [-0.15, -0.1) is 0 Å². The van der Waals surface area contributed by atoms with E-state index in [2.05, 4.69) is 20.2 Å². The third-order valence-electron chi connectivity index (χ3n) is 6.20. The van der Waals surface area contributed by atoms with Crippen molar-refractivity contribution in [3.05, 3.63) is 40.9 Å². The molecule has 4 rings (SSSR count). The van der Waals surface area contributed by atoms with Crippen LogP contribution in [0.3, 0.4) is 0 Å². The van der Waals surface area contributed by atoms with Gasteiger partial charge in [0.1, 0.15) is 6.10 Å².